The number of nitrogens with one attached hydrogen (secondary N) is 4. The van der Waals surface area contributed by atoms with E-state index in [0.29, 0.717) is 38.0 Å². The van der Waals surface area contributed by atoms with Crippen molar-refractivity contribution < 1.29 is 29.1 Å². The molecule has 0 saturated heterocycles. The van der Waals surface area contributed by atoms with Crippen LogP contribution in [-0.4, -0.2) is 60.0 Å². The first-order chi connectivity index (χ1) is 17.4. The van der Waals surface area contributed by atoms with Crippen molar-refractivity contribution in [3.05, 3.63) is 17.5 Å². The molecule has 1 aromatic heterocycles. The molecular weight excluding hydrogens is 516 g/mol. The van der Waals surface area contributed by atoms with Gasteiger partial charge >= 0.3 is 6.09 Å². The zero-order chi connectivity index (χ0) is 28.0. The number of thiophene rings is 1. The molecule has 12 heteroatoms. The summed E-state index contributed by atoms with van der Waals surface area (Å²) >= 11 is 2.98. The molecule has 3 atom stereocenters. The first-order valence-corrected chi connectivity index (χ1v) is 14.3. The van der Waals surface area contributed by atoms with Crippen molar-refractivity contribution >= 4 is 46.9 Å². The number of hydrogen-bond donors (Lipinski definition) is 5. The van der Waals surface area contributed by atoms with Gasteiger partial charge < -0.3 is 20.7 Å². The second kappa shape index (κ2) is 16.5. The van der Waals surface area contributed by atoms with Crippen molar-refractivity contribution in [1.82, 2.24) is 21.4 Å². The highest BCUT2D eigenvalue weighted by Gasteiger charge is 2.36. The van der Waals surface area contributed by atoms with Gasteiger partial charge in [-0.05, 0) is 63.8 Å². The fourth-order valence-corrected chi connectivity index (χ4v) is 5.63. The summed E-state index contributed by atoms with van der Waals surface area (Å²) in [6, 6.07) is 3.04. The van der Waals surface area contributed by atoms with E-state index < -0.39 is 41.4 Å². The normalized spacial score (nSPS) is 13.8. The Morgan fingerprint density at radius 1 is 1.08 bits per heavy atom. The fourth-order valence-electron chi connectivity index (χ4n) is 3.64. The molecule has 210 valence electrons. The first-order valence-electron chi connectivity index (χ1n) is 12.5. The lowest BCUT2D eigenvalue weighted by Crippen LogP contribution is -2.50. The molecule has 1 rings (SSSR count). The Labute approximate surface area is 228 Å². The van der Waals surface area contributed by atoms with Crippen LogP contribution in [0.1, 0.15) is 60.3 Å². The van der Waals surface area contributed by atoms with Crippen molar-refractivity contribution in [1.29, 1.82) is 0 Å². The van der Waals surface area contributed by atoms with Crippen LogP contribution < -0.4 is 21.4 Å². The van der Waals surface area contributed by atoms with Gasteiger partial charge in [0.25, 0.3) is 0 Å². The summed E-state index contributed by atoms with van der Waals surface area (Å²) in [4.78, 5) is 50.3. The topological polar surface area (TPSA) is 146 Å². The number of alkyl carbamates (subject to hydrolysis) is 1. The SMILES string of the molecule is CNC(=O)C(CCCCNC(=O)OC(C)(C)C)NC(=O)[C@H](CC(C)C)[C@H](CSc1cccs1)C(=O)NO. The standard InChI is InChI=1S/C25H42N4O6S2/c1-16(2)14-17(18(22(31)29-34)15-37-20-11-9-13-36-20)21(30)28-19(23(32)26-6)10-7-8-12-27-24(33)35-25(3,4)5/h9,11,13,16-19,34H,7-8,10,12,14-15H2,1-6H3,(H,26,32)(H,27,33)(H,28,30)(H,29,31)/t17-,18+,19?/m1/s1. The van der Waals surface area contributed by atoms with E-state index in [1.807, 2.05) is 31.4 Å². The minimum Gasteiger partial charge on any atom is -0.444 e. The van der Waals surface area contributed by atoms with Crippen LogP contribution in [0.15, 0.2) is 21.7 Å². The quantitative estimate of drug-likeness (QED) is 0.0958. The number of ether oxygens (including phenoxy) is 1. The molecule has 0 spiro atoms. The number of likely N-dealkylation sites (N-methyl/N-ethyl adjacent to an activating group) is 1. The van der Waals surface area contributed by atoms with Crippen LogP contribution in [0.4, 0.5) is 4.79 Å². The highest BCUT2D eigenvalue weighted by molar-refractivity contribution is 8.01. The smallest absolute Gasteiger partial charge is 0.407 e. The Morgan fingerprint density at radius 3 is 2.32 bits per heavy atom. The van der Waals surface area contributed by atoms with Crippen molar-refractivity contribution in [3.8, 4) is 0 Å². The van der Waals surface area contributed by atoms with Gasteiger partial charge in [0, 0.05) is 19.3 Å². The van der Waals surface area contributed by atoms with Crippen LogP contribution in [0.3, 0.4) is 0 Å². The summed E-state index contributed by atoms with van der Waals surface area (Å²) in [6.07, 6.45) is 1.42. The third kappa shape index (κ3) is 13.2. The molecule has 1 unspecified atom stereocenters. The van der Waals surface area contributed by atoms with E-state index >= 15 is 0 Å². The average Bonchev–Trinajstić information content (AvgIpc) is 3.33. The highest BCUT2D eigenvalue weighted by atomic mass is 32.2. The van der Waals surface area contributed by atoms with Gasteiger partial charge in [0.1, 0.15) is 11.6 Å². The van der Waals surface area contributed by atoms with Crippen LogP contribution in [0, 0.1) is 17.8 Å². The number of hydrogen-bond acceptors (Lipinski definition) is 8. The molecule has 0 aliphatic rings. The molecule has 37 heavy (non-hydrogen) atoms. The molecule has 0 aliphatic heterocycles. The fraction of sp³-hybridized carbons (Fsp3) is 0.680. The Balaban J connectivity index is 2.83. The van der Waals surface area contributed by atoms with E-state index in [0.717, 1.165) is 4.21 Å². The van der Waals surface area contributed by atoms with Crippen LogP contribution >= 0.6 is 23.1 Å². The van der Waals surface area contributed by atoms with Crippen LogP contribution in [0.5, 0.6) is 0 Å². The molecule has 10 nitrogen and oxygen atoms in total. The second-order valence-corrected chi connectivity index (χ2v) is 12.4. The third-order valence-corrected chi connectivity index (χ3v) is 7.61. The van der Waals surface area contributed by atoms with Crippen LogP contribution in [0.25, 0.3) is 0 Å². The van der Waals surface area contributed by atoms with Crippen molar-refractivity contribution in [2.45, 2.75) is 76.2 Å². The van der Waals surface area contributed by atoms with Crippen LogP contribution in [-0.2, 0) is 19.1 Å². The molecule has 0 saturated carbocycles. The molecule has 0 fully saturated rings. The maximum Gasteiger partial charge on any atom is 0.407 e. The summed E-state index contributed by atoms with van der Waals surface area (Å²) in [6.45, 7) is 9.63. The summed E-state index contributed by atoms with van der Waals surface area (Å²) < 4.78 is 6.21. The lowest BCUT2D eigenvalue weighted by atomic mass is 9.84. The van der Waals surface area contributed by atoms with Gasteiger partial charge in [-0.3, -0.25) is 19.6 Å². The second-order valence-electron chi connectivity index (χ2n) is 10.2. The van der Waals surface area contributed by atoms with Crippen molar-refractivity contribution in [3.63, 3.8) is 0 Å². The molecule has 0 aliphatic carbocycles. The van der Waals surface area contributed by atoms with E-state index in [1.165, 1.54) is 30.1 Å². The molecule has 5 N–H and O–H groups in total. The predicted molar refractivity (Wildman–Crippen MR) is 145 cm³/mol. The number of amides is 4. The Morgan fingerprint density at radius 2 is 1.78 bits per heavy atom. The monoisotopic (exact) mass is 558 g/mol. The van der Waals surface area contributed by atoms with E-state index in [-0.39, 0.29) is 11.8 Å². The molecule has 0 bridgehead atoms. The summed E-state index contributed by atoms with van der Waals surface area (Å²) in [5.41, 5.74) is 1.12. The lowest BCUT2D eigenvalue weighted by molar-refractivity contribution is -0.140. The molecule has 1 heterocycles. The minimum absolute atomic E-state index is 0.105. The van der Waals surface area contributed by atoms with E-state index in [1.54, 1.807) is 26.3 Å². The first kappa shape index (κ1) is 32.7. The summed E-state index contributed by atoms with van der Waals surface area (Å²) in [5.74, 6) is -2.49. The van der Waals surface area contributed by atoms with Gasteiger partial charge in [-0.15, -0.1) is 23.1 Å². The summed E-state index contributed by atoms with van der Waals surface area (Å²) in [5, 5.41) is 19.4. The number of carbonyl (C=O) groups excluding carboxylic acids is 4. The minimum atomic E-state index is -0.795. The van der Waals surface area contributed by atoms with Gasteiger partial charge in [-0.25, -0.2) is 10.3 Å². The number of rotatable bonds is 15. The zero-order valence-electron chi connectivity index (χ0n) is 22.6. The Bertz CT molecular complexity index is 858. The van der Waals surface area contributed by atoms with E-state index in [4.69, 9.17) is 4.74 Å². The third-order valence-electron chi connectivity index (χ3n) is 5.36. The predicted octanol–water partition coefficient (Wildman–Crippen LogP) is 3.55. The molecule has 1 aromatic rings. The number of thioether (sulfide) groups is 1. The van der Waals surface area contributed by atoms with Crippen molar-refractivity contribution in [2.75, 3.05) is 19.3 Å². The van der Waals surface area contributed by atoms with Crippen LogP contribution in [0.2, 0.25) is 0 Å². The van der Waals surface area contributed by atoms with Gasteiger partial charge in [0.2, 0.25) is 17.7 Å². The maximum absolute atomic E-state index is 13.4. The molecule has 0 aromatic carbocycles. The van der Waals surface area contributed by atoms with Gasteiger partial charge in [0.15, 0.2) is 0 Å². The molecule has 4 amide bonds. The average molecular weight is 559 g/mol. The van der Waals surface area contributed by atoms with Crippen molar-refractivity contribution in [2.24, 2.45) is 17.8 Å². The van der Waals surface area contributed by atoms with E-state index in [9.17, 15) is 24.4 Å². The highest BCUT2D eigenvalue weighted by Crippen LogP contribution is 2.31. The maximum atomic E-state index is 13.4. The Kier molecular flexibility index (Phi) is 14.6. The van der Waals surface area contributed by atoms with Gasteiger partial charge in [-0.2, -0.15) is 0 Å². The van der Waals surface area contributed by atoms with Gasteiger partial charge in [0.05, 0.1) is 16.0 Å². The van der Waals surface area contributed by atoms with E-state index in [2.05, 4.69) is 16.0 Å². The molecular formula is C25H42N4O6S2. The number of carbonyl (C=O) groups is 4. The lowest BCUT2D eigenvalue weighted by Gasteiger charge is -2.28. The number of hydroxylamine groups is 1. The summed E-state index contributed by atoms with van der Waals surface area (Å²) in [7, 11) is 1.50. The largest absolute Gasteiger partial charge is 0.444 e. The zero-order valence-corrected chi connectivity index (χ0v) is 24.2. The Hall–Kier alpha value is -2.31. The number of unbranched alkanes of at least 4 members (excludes halogenated alkanes) is 1. The molecule has 0 radical (unpaired) electrons. The van der Waals surface area contributed by atoms with Gasteiger partial charge in [-0.1, -0.05) is 19.9 Å².